The third-order valence-electron chi connectivity index (χ3n) is 6.02. The molecule has 0 unspecified atom stereocenters. The summed E-state index contributed by atoms with van der Waals surface area (Å²) in [5.41, 5.74) is 1.54. The van der Waals surface area contributed by atoms with Crippen LogP contribution >= 0.6 is 0 Å². The average molecular weight is 457 g/mol. The van der Waals surface area contributed by atoms with Gasteiger partial charge in [0.05, 0.1) is 27.0 Å². The molecule has 4 rings (SSSR count). The quantitative estimate of drug-likeness (QED) is 0.710. The topological polar surface area (TPSA) is 92.3 Å². The van der Waals surface area contributed by atoms with Crippen LogP contribution in [0.3, 0.4) is 0 Å². The van der Waals surface area contributed by atoms with Crippen molar-refractivity contribution in [3.63, 3.8) is 0 Å². The highest BCUT2D eigenvalue weighted by Crippen LogP contribution is 2.40. The number of piperazine rings is 1. The molecule has 0 saturated carbocycles. The highest BCUT2D eigenvalue weighted by Gasteiger charge is 2.24. The summed E-state index contributed by atoms with van der Waals surface area (Å²) in [5, 5.41) is 2.94. The number of benzene rings is 1. The van der Waals surface area contributed by atoms with Crippen LogP contribution < -0.4 is 29.3 Å². The molecule has 3 heterocycles. The maximum atomic E-state index is 12.9. The first kappa shape index (κ1) is 22.8. The summed E-state index contributed by atoms with van der Waals surface area (Å²) in [6.07, 6.45) is 2.37. The number of nitrogens with one attached hydrogen (secondary N) is 1. The van der Waals surface area contributed by atoms with Gasteiger partial charge >= 0.3 is 6.03 Å². The fourth-order valence-electron chi connectivity index (χ4n) is 4.25. The second-order valence-electron chi connectivity index (χ2n) is 8.18. The van der Waals surface area contributed by atoms with Crippen molar-refractivity contribution >= 4 is 23.5 Å². The number of ether oxygens (including phenoxy) is 3. The van der Waals surface area contributed by atoms with Gasteiger partial charge in [-0.15, -0.1) is 0 Å². The Labute approximate surface area is 194 Å². The fourth-order valence-corrected chi connectivity index (χ4v) is 4.25. The van der Waals surface area contributed by atoms with Crippen molar-refractivity contribution in [3.05, 3.63) is 23.9 Å². The number of urea groups is 1. The van der Waals surface area contributed by atoms with Crippen molar-refractivity contribution in [2.24, 2.45) is 0 Å². The molecule has 2 saturated heterocycles. The fraction of sp³-hybridized carbons (Fsp3) is 0.522. The Balaban J connectivity index is 1.40. The van der Waals surface area contributed by atoms with Gasteiger partial charge in [0.2, 0.25) is 11.7 Å². The van der Waals surface area contributed by atoms with Gasteiger partial charge in [-0.3, -0.25) is 0 Å². The molecule has 0 spiro atoms. The standard InChI is InChI=1S/C23H32N6O4/c1-16-13-20(26-22(24-16)28-7-5-6-8-28)27-9-11-29(12-10-27)23(30)25-17-14-18(31-2)21(33-4)19(15-17)32-3/h13-15H,5-12H2,1-4H3,(H,25,30). The molecule has 1 aromatic heterocycles. The minimum Gasteiger partial charge on any atom is -0.493 e. The molecular formula is C23H32N6O4. The van der Waals surface area contributed by atoms with Crippen molar-refractivity contribution in [3.8, 4) is 17.2 Å². The van der Waals surface area contributed by atoms with Gasteiger partial charge in [-0.2, -0.15) is 4.98 Å². The molecule has 10 nitrogen and oxygen atoms in total. The Morgan fingerprint density at radius 1 is 0.848 bits per heavy atom. The zero-order chi connectivity index (χ0) is 23.4. The Morgan fingerprint density at radius 2 is 1.48 bits per heavy atom. The predicted molar refractivity (Wildman–Crippen MR) is 127 cm³/mol. The van der Waals surface area contributed by atoms with Gasteiger partial charge in [-0.1, -0.05) is 0 Å². The number of amides is 2. The molecule has 2 aliphatic rings. The van der Waals surface area contributed by atoms with Crippen LogP contribution in [-0.4, -0.2) is 81.5 Å². The van der Waals surface area contributed by atoms with Crippen molar-refractivity contribution in [1.29, 1.82) is 0 Å². The van der Waals surface area contributed by atoms with E-state index in [1.807, 2.05) is 13.0 Å². The Kier molecular flexibility index (Phi) is 6.90. The van der Waals surface area contributed by atoms with Crippen molar-refractivity contribution in [2.75, 3.05) is 75.7 Å². The van der Waals surface area contributed by atoms with Crippen molar-refractivity contribution in [1.82, 2.24) is 14.9 Å². The number of carbonyl (C=O) groups is 1. The number of methoxy groups -OCH3 is 3. The maximum absolute atomic E-state index is 12.9. The molecule has 2 amide bonds. The van der Waals surface area contributed by atoms with Gasteiger partial charge in [-0.25, -0.2) is 9.78 Å². The van der Waals surface area contributed by atoms with Crippen LogP contribution in [0.2, 0.25) is 0 Å². The molecule has 1 aromatic carbocycles. The largest absolute Gasteiger partial charge is 0.493 e. The van der Waals surface area contributed by atoms with Gasteiger partial charge in [-0.05, 0) is 19.8 Å². The molecular weight excluding hydrogens is 424 g/mol. The number of hydrogen-bond acceptors (Lipinski definition) is 8. The zero-order valence-electron chi connectivity index (χ0n) is 19.8. The normalized spacial score (nSPS) is 16.1. The highest BCUT2D eigenvalue weighted by atomic mass is 16.5. The van der Waals surface area contributed by atoms with E-state index in [0.717, 1.165) is 30.5 Å². The summed E-state index contributed by atoms with van der Waals surface area (Å²) >= 11 is 0. The predicted octanol–water partition coefficient (Wildman–Crippen LogP) is 2.77. The Morgan fingerprint density at radius 3 is 2.06 bits per heavy atom. The van der Waals surface area contributed by atoms with Crippen LogP contribution in [0, 0.1) is 6.92 Å². The van der Waals surface area contributed by atoms with Crippen LogP contribution in [0.1, 0.15) is 18.5 Å². The number of carbonyl (C=O) groups excluding carboxylic acids is 1. The minimum atomic E-state index is -0.166. The molecule has 0 atom stereocenters. The molecule has 0 aliphatic carbocycles. The van der Waals surface area contributed by atoms with E-state index in [0.29, 0.717) is 49.1 Å². The van der Waals surface area contributed by atoms with Gasteiger partial charge in [0.25, 0.3) is 0 Å². The molecule has 2 aliphatic heterocycles. The lowest BCUT2D eigenvalue weighted by atomic mass is 10.2. The van der Waals surface area contributed by atoms with E-state index >= 15 is 0 Å². The van der Waals surface area contributed by atoms with Crippen LogP contribution in [-0.2, 0) is 0 Å². The molecule has 2 fully saturated rings. The van der Waals surface area contributed by atoms with E-state index in [1.165, 1.54) is 12.8 Å². The summed E-state index contributed by atoms with van der Waals surface area (Å²) in [7, 11) is 4.64. The number of aryl methyl sites for hydroxylation is 1. The van der Waals surface area contributed by atoms with E-state index in [1.54, 1.807) is 38.4 Å². The molecule has 10 heteroatoms. The van der Waals surface area contributed by atoms with Crippen LogP contribution in [0.5, 0.6) is 17.2 Å². The lowest BCUT2D eigenvalue weighted by Crippen LogP contribution is -2.50. The Bertz CT molecular complexity index is 962. The van der Waals surface area contributed by atoms with Gasteiger partial charge in [0.15, 0.2) is 11.5 Å². The molecule has 2 aromatic rings. The van der Waals surface area contributed by atoms with Crippen molar-refractivity contribution < 1.29 is 19.0 Å². The summed E-state index contributed by atoms with van der Waals surface area (Å²) in [4.78, 5) is 28.6. The number of rotatable bonds is 6. The van der Waals surface area contributed by atoms with E-state index in [9.17, 15) is 4.79 Å². The lowest BCUT2D eigenvalue weighted by Gasteiger charge is -2.35. The number of nitrogens with zero attached hydrogens (tertiary/aromatic N) is 5. The van der Waals surface area contributed by atoms with Gasteiger partial charge in [0, 0.05) is 63.2 Å². The third-order valence-corrected chi connectivity index (χ3v) is 6.02. The second-order valence-corrected chi connectivity index (χ2v) is 8.18. The number of hydrogen-bond donors (Lipinski definition) is 1. The van der Waals surface area contributed by atoms with E-state index in [4.69, 9.17) is 19.2 Å². The third kappa shape index (κ3) is 4.99. The van der Waals surface area contributed by atoms with E-state index < -0.39 is 0 Å². The van der Waals surface area contributed by atoms with E-state index in [-0.39, 0.29) is 6.03 Å². The molecule has 1 N–H and O–H groups in total. The first-order chi connectivity index (χ1) is 16.0. The number of aromatic nitrogens is 2. The molecule has 178 valence electrons. The summed E-state index contributed by atoms with van der Waals surface area (Å²) in [6.45, 7) is 6.63. The Hall–Kier alpha value is -3.43. The first-order valence-electron chi connectivity index (χ1n) is 11.2. The summed E-state index contributed by atoms with van der Waals surface area (Å²) < 4.78 is 16.1. The van der Waals surface area contributed by atoms with Crippen LogP contribution in [0.25, 0.3) is 0 Å². The van der Waals surface area contributed by atoms with E-state index in [2.05, 4.69) is 20.1 Å². The number of anilines is 3. The SMILES string of the molecule is COc1cc(NC(=O)N2CCN(c3cc(C)nc(N4CCCC4)n3)CC2)cc(OC)c1OC. The van der Waals surface area contributed by atoms with Crippen molar-refractivity contribution in [2.45, 2.75) is 19.8 Å². The van der Waals surface area contributed by atoms with Crippen LogP contribution in [0.4, 0.5) is 22.2 Å². The second kappa shape index (κ2) is 10.0. The summed E-state index contributed by atoms with van der Waals surface area (Å²) in [5.74, 6) is 3.20. The zero-order valence-corrected chi connectivity index (χ0v) is 19.8. The maximum Gasteiger partial charge on any atom is 0.321 e. The monoisotopic (exact) mass is 456 g/mol. The highest BCUT2D eigenvalue weighted by molar-refractivity contribution is 5.90. The molecule has 0 radical (unpaired) electrons. The smallest absolute Gasteiger partial charge is 0.321 e. The van der Waals surface area contributed by atoms with Gasteiger partial charge in [0.1, 0.15) is 5.82 Å². The lowest BCUT2D eigenvalue weighted by molar-refractivity contribution is 0.208. The summed E-state index contributed by atoms with van der Waals surface area (Å²) in [6, 6.07) is 5.30. The first-order valence-corrected chi connectivity index (χ1v) is 11.2. The molecule has 33 heavy (non-hydrogen) atoms. The van der Waals surface area contributed by atoms with Crippen LogP contribution in [0.15, 0.2) is 18.2 Å². The van der Waals surface area contributed by atoms with Gasteiger partial charge < -0.3 is 34.2 Å². The molecule has 0 bridgehead atoms. The minimum absolute atomic E-state index is 0.166. The average Bonchev–Trinajstić information content (AvgIpc) is 3.38.